The number of hydrogen-bond donors (Lipinski definition) is 2. The Kier molecular flexibility index (Phi) is 3.94. The Hall–Kier alpha value is -0.650. The molecule has 0 bridgehead atoms. The van der Waals surface area contributed by atoms with E-state index in [1.54, 1.807) is 0 Å². The van der Waals surface area contributed by atoms with E-state index in [2.05, 4.69) is 10.4 Å². The lowest BCUT2D eigenvalue weighted by Crippen LogP contribution is -2.13. The molecular weight excluding hydrogens is 210 g/mol. The van der Waals surface area contributed by atoms with Crippen LogP contribution in [-0.2, 0) is 11.3 Å². The number of nitrogens with zero attached hydrogens (tertiary/aromatic N) is 1. The first-order chi connectivity index (χ1) is 7.38. The van der Waals surface area contributed by atoms with E-state index in [1.165, 1.54) is 37.0 Å². The third-order valence-electron chi connectivity index (χ3n) is 2.82. The van der Waals surface area contributed by atoms with E-state index in [9.17, 15) is 0 Å². The van der Waals surface area contributed by atoms with E-state index in [1.807, 2.05) is 6.20 Å². The summed E-state index contributed by atoms with van der Waals surface area (Å²) < 4.78 is 5.59. The highest BCUT2D eigenvalue weighted by atomic mass is 32.1. The van der Waals surface area contributed by atoms with Gasteiger partial charge in [-0.25, -0.2) is 10.8 Å². The fraction of sp³-hybridized carbons (Fsp3) is 0.700. The number of ether oxygens (including phenoxy) is 1. The van der Waals surface area contributed by atoms with Crippen molar-refractivity contribution in [3.8, 4) is 0 Å². The average Bonchev–Trinajstić information content (AvgIpc) is 2.62. The first-order valence-corrected chi connectivity index (χ1v) is 6.19. The lowest BCUT2D eigenvalue weighted by molar-refractivity contribution is 0.0965. The third kappa shape index (κ3) is 3.15. The fourth-order valence-electron chi connectivity index (χ4n) is 1.65. The van der Waals surface area contributed by atoms with Crippen molar-refractivity contribution in [3.63, 3.8) is 0 Å². The Balaban J connectivity index is 1.60. The number of thiazole rings is 1. The minimum Gasteiger partial charge on any atom is -0.376 e. The zero-order chi connectivity index (χ0) is 10.5. The van der Waals surface area contributed by atoms with Crippen LogP contribution < -0.4 is 11.3 Å². The number of hydrazine groups is 1. The van der Waals surface area contributed by atoms with Gasteiger partial charge < -0.3 is 4.74 Å². The van der Waals surface area contributed by atoms with Crippen LogP contribution in [-0.4, -0.2) is 11.6 Å². The number of nitrogen functional groups attached to an aromatic ring is 1. The van der Waals surface area contributed by atoms with Gasteiger partial charge in [-0.05, 0) is 12.3 Å². The summed E-state index contributed by atoms with van der Waals surface area (Å²) in [5.74, 6) is 6.16. The second kappa shape index (κ2) is 5.44. The Morgan fingerprint density at radius 1 is 1.60 bits per heavy atom. The van der Waals surface area contributed by atoms with Crippen LogP contribution in [0, 0.1) is 5.92 Å². The molecule has 5 heteroatoms. The zero-order valence-electron chi connectivity index (χ0n) is 8.74. The standard InChI is InChI=1S/C10H17N3OS/c11-13-10-12-6-9(15-10)7-14-5-4-8-2-1-3-8/h6,8H,1-5,7,11H2,(H,12,13). The highest BCUT2D eigenvalue weighted by Crippen LogP contribution is 2.29. The molecular formula is C10H17N3OS. The molecule has 0 saturated heterocycles. The molecule has 1 fully saturated rings. The van der Waals surface area contributed by atoms with Crippen LogP contribution in [0.2, 0.25) is 0 Å². The van der Waals surface area contributed by atoms with Crippen molar-refractivity contribution in [2.75, 3.05) is 12.0 Å². The monoisotopic (exact) mass is 227 g/mol. The molecule has 1 aromatic heterocycles. The molecule has 15 heavy (non-hydrogen) atoms. The smallest absolute Gasteiger partial charge is 0.197 e. The molecule has 1 aromatic rings. The summed E-state index contributed by atoms with van der Waals surface area (Å²) in [6.45, 7) is 1.53. The van der Waals surface area contributed by atoms with Gasteiger partial charge in [0.1, 0.15) is 0 Å². The predicted molar refractivity (Wildman–Crippen MR) is 61.5 cm³/mol. The van der Waals surface area contributed by atoms with Crippen LogP contribution in [0.1, 0.15) is 30.6 Å². The van der Waals surface area contributed by atoms with E-state index in [4.69, 9.17) is 10.6 Å². The van der Waals surface area contributed by atoms with Gasteiger partial charge in [-0.3, -0.25) is 5.43 Å². The molecule has 84 valence electrons. The Morgan fingerprint density at radius 3 is 3.07 bits per heavy atom. The molecule has 0 spiro atoms. The summed E-state index contributed by atoms with van der Waals surface area (Å²) in [6, 6.07) is 0. The molecule has 3 N–H and O–H groups in total. The Bertz CT molecular complexity index is 299. The van der Waals surface area contributed by atoms with Gasteiger partial charge in [-0.1, -0.05) is 30.6 Å². The summed E-state index contributed by atoms with van der Waals surface area (Å²) in [5, 5.41) is 0.743. The molecule has 0 amide bonds. The van der Waals surface area contributed by atoms with E-state index < -0.39 is 0 Å². The van der Waals surface area contributed by atoms with Gasteiger partial charge in [0.2, 0.25) is 0 Å². The highest BCUT2D eigenvalue weighted by molar-refractivity contribution is 7.15. The van der Waals surface area contributed by atoms with Crippen molar-refractivity contribution in [2.45, 2.75) is 32.3 Å². The van der Waals surface area contributed by atoms with Crippen LogP contribution in [0.25, 0.3) is 0 Å². The number of hydrogen-bond acceptors (Lipinski definition) is 5. The van der Waals surface area contributed by atoms with Crippen LogP contribution in [0.5, 0.6) is 0 Å². The lowest BCUT2D eigenvalue weighted by Gasteiger charge is -2.24. The molecule has 1 heterocycles. The minimum absolute atomic E-state index is 0.659. The molecule has 1 aliphatic rings. The average molecular weight is 227 g/mol. The van der Waals surface area contributed by atoms with E-state index in [-0.39, 0.29) is 0 Å². The van der Waals surface area contributed by atoms with Crippen molar-refractivity contribution in [3.05, 3.63) is 11.1 Å². The molecule has 0 radical (unpaired) electrons. The van der Waals surface area contributed by atoms with Crippen molar-refractivity contribution in [1.29, 1.82) is 0 Å². The molecule has 1 aliphatic carbocycles. The van der Waals surface area contributed by atoms with Gasteiger partial charge in [0.05, 0.1) is 11.5 Å². The summed E-state index contributed by atoms with van der Waals surface area (Å²) >= 11 is 1.54. The molecule has 0 aliphatic heterocycles. The SMILES string of the molecule is NNc1ncc(COCCC2CCC2)s1. The minimum atomic E-state index is 0.659. The quantitative estimate of drug-likeness (QED) is 0.444. The van der Waals surface area contributed by atoms with Crippen molar-refractivity contribution < 1.29 is 4.74 Å². The van der Waals surface area contributed by atoms with E-state index >= 15 is 0 Å². The number of aromatic nitrogens is 1. The maximum absolute atomic E-state index is 5.59. The van der Waals surface area contributed by atoms with Crippen LogP contribution >= 0.6 is 11.3 Å². The first kappa shape index (κ1) is 10.9. The summed E-state index contributed by atoms with van der Waals surface area (Å²) in [6.07, 6.45) is 7.21. The maximum Gasteiger partial charge on any atom is 0.197 e. The lowest BCUT2D eigenvalue weighted by atomic mass is 9.83. The largest absolute Gasteiger partial charge is 0.376 e. The maximum atomic E-state index is 5.59. The fourth-order valence-corrected chi connectivity index (χ4v) is 2.31. The number of rotatable bonds is 6. The Labute approximate surface area is 93.8 Å². The van der Waals surface area contributed by atoms with Crippen LogP contribution in [0.3, 0.4) is 0 Å². The Morgan fingerprint density at radius 2 is 2.47 bits per heavy atom. The summed E-state index contributed by atoms with van der Waals surface area (Å²) in [5.41, 5.74) is 2.53. The van der Waals surface area contributed by atoms with Gasteiger partial charge in [0.15, 0.2) is 5.13 Å². The second-order valence-corrected chi connectivity index (χ2v) is 5.03. The van der Waals surface area contributed by atoms with Gasteiger partial charge >= 0.3 is 0 Å². The molecule has 1 saturated carbocycles. The highest BCUT2D eigenvalue weighted by Gasteiger charge is 2.16. The van der Waals surface area contributed by atoms with Gasteiger partial charge in [0, 0.05) is 12.8 Å². The van der Waals surface area contributed by atoms with E-state index in [0.29, 0.717) is 6.61 Å². The normalized spacial score (nSPS) is 16.3. The summed E-state index contributed by atoms with van der Waals surface area (Å²) in [7, 11) is 0. The molecule has 0 unspecified atom stereocenters. The van der Waals surface area contributed by atoms with Crippen molar-refractivity contribution >= 4 is 16.5 Å². The molecule has 0 aromatic carbocycles. The van der Waals surface area contributed by atoms with E-state index in [0.717, 1.165) is 22.5 Å². The number of nitrogens with one attached hydrogen (secondary N) is 1. The van der Waals surface area contributed by atoms with Gasteiger partial charge in [-0.15, -0.1) is 0 Å². The van der Waals surface area contributed by atoms with Crippen LogP contribution in [0.4, 0.5) is 5.13 Å². The van der Waals surface area contributed by atoms with Gasteiger partial charge in [-0.2, -0.15) is 0 Å². The molecule has 2 rings (SSSR count). The number of nitrogens with two attached hydrogens (primary N) is 1. The van der Waals surface area contributed by atoms with Crippen LogP contribution in [0.15, 0.2) is 6.20 Å². The van der Waals surface area contributed by atoms with Crippen molar-refractivity contribution in [1.82, 2.24) is 4.98 Å². The molecule has 0 atom stereocenters. The molecule has 4 nitrogen and oxygen atoms in total. The number of anilines is 1. The first-order valence-electron chi connectivity index (χ1n) is 5.37. The predicted octanol–water partition coefficient (Wildman–Crippen LogP) is 2.14. The second-order valence-electron chi connectivity index (χ2n) is 3.91. The van der Waals surface area contributed by atoms with Crippen molar-refractivity contribution in [2.24, 2.45) is 11.8 Å². The topological polar surface area (TPSA) is 60.2 Å². The van der Waals surface area contributed by atoms with Gasteiger partial charge in [0.25, 0.3) is 0 Å². The third-order valence-corrected chi connectivity index (χ3v) is 3.72. The zero-order valence-corrected chi connectivity index (χ0v) is 9.55. The summed E-state index contributed by atoms with van der Waals surface area (Å²) in [4.78, 5) is 5.20.